The Morgan fingerprint density at radius 2 is 1.91 bits per heavy atom. The lowest BCUT2D eigenvalue weighted by Crippen LogP contribution is -2.64. The highest BCUT2D eigenvalue weighted by Crippen LogP contribution is 2.89. The van der Waals surface area contributed by atoms with E-state index in [9.17, 15) is 24.9 Å². The lowest BCUT2D eigenvalue weighted by atomic mass is 9.38. The zero-order valence-corrected chi connectivity index (χ0v) is 28.1. The number of carbonyl (C=O) groups is 2. The number of hydrogen-bond donors (Lipinski definition) is 3. The minimum Gasteiger partial charge on any atom is -0.469 e. The average molecular weight is 633 g/mol. The van der Waals surface area contributed by atoms with Crippen LogP contribution in [-0.2, 0) is 19.1 Å². The van der Waals surface area contributed by atoms with Gasteiger partial charge in [0.25, 0.3) is 0 Å². The second kappa shape index (κ2) is 10.6. The molecule has 46 heavy (non-hydrogen) atoms. The molecule has 6 aliphatic rings. The van der Waals surface area contributed by atoms with Gasteiger partial charge in [-0.15, -0.1) is 0 Å². The number of rotatable bonds is 8. The summed E-state index contributed by atoms with van der Waals surface area (Å²) in [5.41, 5.74) is 0.196. The third-order valence-electron chi connectivity index (χ3n) is 14.6. The quantitative estimate of drug-likeness (QED) is 0.248. The number of ketones is 1. The maximum Gasteiger partial charge on any atom is 0.309 e. The highest BCUT2D eigenvalue weighted by Gasteiger charge is 2.84. The first kappa shape index (κ1) is 32.2. The van der Waals surface area contributed by atoms with Gasteiger partial charge in [-0.05, 0) is 85.0 Å². The number of carbonyl (C=O) groups excluding carboxylic acids is 2. The van der Waals surface area contributed by atoms with Crippen LogP contribution in [0.15, 0.2) is 54.1 Å². The molecule has 0 bridgehead atoms. The average Bonchev–Trinajstić information content (AvgIpc) is 3.61. The van der Waals surface area contributed by atoms with Crippen LogP contribution in [0.2, 0.25) is 0 Å². The Balaban J connectivity index is 1.20. The summed E-state index contributed by atoms with van der Waals surface area (Å²) in [6, 6.07) is 10.5. The van der Waals surface area contributed by atoms with Crippen LogP contribution >= 0.6 is 0 Å². The minimum atomic E-state index is -1.52. The zero-order chi connectivity index (χ0) is 32.9. The molecule has 1 saturated heterocycles. The molecular formula is C39H52O7. The molecule has 1 heterocycles. The maximum absolute atomic E-state index is 13.3. The minimum absolute atomic E-state index is 0.0163. The highest BCUT2D eigenvalue weighted by molar-refractivity contribution is 5.85. The molecule has 0 amide bonds. The summed E-state index contributed by atoms with van der Waals surface area (Å²) in [4.78, 5) is 26.4. The number of esters is 1. The molecule has 250 valence electrons. The monoisotopic (exact) mass is 632 g/mol. The van der Waals surface area contributed by atoms with Crippen molar-refractivity contribution in [2.45, 2.75) is 96.9 Å². The molecule has 12 atom stereocenters. The summed E-state index contributed by atoms with van der Waals surface area (Å²) < 4.78 is 11.9. The number of ether oxygens (including phenoxy) is 2. The van der Waals surface area contributed by atoms with Crippen LogP contribution in [0.25, 0.3) is 0 Å². The molecule has 2 unspecified atom stereocenters. The molecule has 7 heteroatoms. The molecule has 0 spiro atoms. The number of aliphatic hydroxyl groups is 3. The van der Waals surface area contributed by atoms with Gasteiger partial charge < -0.3 is 24.8 Å². The maximum atomic E-state index is 13.3. The zero-order valence-electron chi connectivity index (χ0n) is 28.1. The number of aliphatic hydroxyl groups excluding tert-OH is 2. The summed E-state index contributed by atoms with van der Waals surface area (Å²) in [6.07, 6.45) is 11.8. The van der Waals surface area contributed by atoms with Crippen molar-refractivity contribution in [2.24, 2.45) is 50.7 Å². The third-order valence-corrected chi connectivity index (χ3v) is 14.6. The predicted octanol–water partition coefficient (Wildman–Crippen LogP) is 5.73. The van der Waals surface area contributed by atoms with Gasteiger partial charge in [0, 0.05) is 23.7 Å². The van der Waals surface area contributed by atoms with Crippen LogP contribution in [0.5, 0.6) is 0 Å². The second-order valence-electron chi connectivity index (χ2n) is 16.8. The van der Waals surface area contributed by atoms with E-state index in [1.807, 2.05) is 6.07 Å². The molecule has 0 radical (unpaired) electrons. The van der Waals surface area contributed by atoms with Gasteiger partial charge in [-0.25, -0.2) is 0 Å². The second-order valence-corrected chi connectivity index (χ2v) is 16.8. The van der Waals surface area contributed by atoms with Crippen molar-refractivity contribution >= 4 is 11.8 Å². The third kappa shape index (κ3) is 4.23. The summed E-state index contributed by atoms with van der Waals surface area (Å²) in [5.74, 6) is -0.896. The Morgan fingerprint density at radius 1 is 1.17 bits per heavy atom. The molecule has 3 saturated carbocycles. The van der Waals surface area contributed by atoms with Crippen LogP contribution in [0, 0.1) is 50.7 Å². The Bertz CT molecular complexity index is 1470. The van der Waals surface area contributed by atoms with E-state index in [1.54, 1.807) is 0 Å². The van der Waals surface area contributed by atoms with Crippen LogP contribution < -0.4 is 0 Å². The van der Waals surface area contributed by atoms with Crippen molar-refractivity contribution in [3.8, 4) is 0 Å². The van der Waals surface area contributed by atoms with E-state index in [4.69, 9.17) is 9.47 Å². The van der Waals surface area contributed by atoms with Crippen molar-refractivity contribution in [3.05, 3.63) is 59.7 Å². The van der Waals surface area contributed by atoms with Gasteiger partial charge in [-0.1, -0.05) is 74.9 Å². The molecule has 7 rings (SSSR count). The van der Waals surface area contributed by atoms with E-state index in [0.29, 0.717) is 6.61 Å². The normalized spacial score (nSPS) is 45.5. The van der Waals surface area contributed by atoms with Gasteiger partial charge >= 0.3 is 5.97 Å². The van der Waals surface area contributed by atoms with Crippen molar-refractivity contribution < 1.29 is 34.4 Å². The Morgan fingerprint density at radius 3 is 2.61 bits per heavy atom. The molecule has 0 aromatic heterocycles. The first-order valence-corrected chi connectivity index (χ1v) is 17.4. The lowest BCUT2D eigenvalue weighted by molar-refractivity contribution is -0.199. The van der Waals surface area contributed by atoms with E-state index in [2.05, 4.69) is 63.3 Å². The number of benzene rings is 1. The summed E-state index contributed by atoms with van der Waals surface area (Å²) in [7, 11) is 1.37. The smallest absolute Gasteiger partial charge is 0.309 e. The fraction of sp³-hybridized carbons (Fsp3) is 0.692. The van der Waals surface area contributed by atoms with E-state index in [-0.39, 0.29) is 75.5 Å². The van der Waals surface area contributed by atoms with Gasteiger partial charge in [0.15, 0.2) is 0 Å². The standard InChI is InChI=1S/C39H52O7/c1-34(44,22-40)20-26(41)18-27(33(43)45-5)28-12-16-39-21-38(28,39)15-13-30-35(2)14-11-25-17-29(24-9-7-6-8-10-24)46-23-36(25,3)31(35)19-32(42)37(30,39)4/h6-11,13,15,27-32,40,42,44H,12,14,16-23H2,1-5H3/t27?,28-,29-,30+,31+,32+,34?,35+,36-,37-,38+,39+/m0/s1. The summed E-state index contributed by atoms with van der Waals surface area (Å²) >= 11 is 0. The fourth-order valence-corrected chi connectivity index (χ4v) is 12.3. The van der Waals surface area contributed by atoms with Crippen molar-refractivity contribution in [1.82, 2.24) is 0 Å². The van der Waals surface area contributed by atoms with Gasteiger partial charge in [0.2, 0.25) is 0 Å². The predicted molar refractivity (Wildman–Crippen MR) is 173 cm³/mol. The van der Waals surface area contributed by atoms with Crippen LogP contribution in [0.4, 0.5) is 0 Å². The first-order valence-electron chi connectivity index (χ1n) is 17.4. The molecule has 1 aromatic carbocycles. The van der Waals surface area contributed by atoms with Gasteiger partial charge in [-0.2, -0.15) is 0 Å². The van der Waals surface area contributed by atoms with Crippen molar-refractivity contribution in [3.63, 3.8) is 0 Å². The summed E-state index contributed by atoms with van der Waals surface area (Å²) in [5, 5.41) is 32.2. The van der Waals surface area contributed by atoms with E-state index >= 15 is 0 Å². The number of methoxy groups -OCH3 is 1. The number of allylic oxidation sites excluding steroid dienone is 3. The topological polar surface area (TPSA) is 113 Å². The molecule has 3 N–H and O–H groups in total. The van der Waals surface area contributed by atoms with Crippen molar-refractivity contribution in [1.29, 1.82) is 0 Å². The first-order chi connectivity index (χ1) is 21.7. The van der Waals surface area contributed by atoms with Gasteiger partial charge in [-0.3, -0.25) is 9.59 Å². The molecule has 4 fully saturated rings. The van der Waals surface area contributed by atoms with E-state index in [0.717, 1.165) is 38.5 Å². The van der Waals surface area contributed by atoms with Crippen LogP contribution in [0.3, 0.4) is 0 Å². The van der Waals surface area contributed by atoms with E-state index < -0.39 is 24.2 Å². The molecule has 1 aliphatic heterocycles. The highest BCUT2D eigenvalue weighted by atomic mass is 16.5. The SMILES string of the molecule is COC(=O)C(CC(=O)CC(C)(O)CO)[C@@H]1CC[C@]23C[C@]12C=C[C@@H]1[C@@]2(C)CC=C4C[C@@H](c5ccccc5)OC[C@]4(C)[C@@H]2C[C@@H](O)[C@]13C. The molecule has 1 aromatic rings. The number of fused-ring (bicyclic) bond motifs is 5. The fourth-order valence-electron chi connectivity index (χ4n) is 12.3. The summed E-state index contributed by atoms with van der Waals surface area (Å²) in [6.45, 7) is 8.69. The van der Waals surface area contributed by atoms with Crippen LogP contribution in [-0.4, -0.2) is 59.1 Å². The molecule has 5 aliphatic carbocycles. The van der Waals surface area contributed by atoms with Gasteiger partial charge in [0.1, 0.15) is 5.78 Å². The lowest BCUT2D eigenvalue weighted by Gasteiger charge is -2.67. The molecule has 7 nitrogen and oxygen atoms in total. The Labute approximate surface area is 273 Å². The van der Waals surface area contributed by atoms with E-state index in [1.165, 1.54) is 25.2 Å². The Hall–Kier alpha value is -2.32. The van der Waals surface area contributed by atoms with Crippen LogP contribution in [0.1, 0.15) is 90.7 Å². The van der Waals surface area contributed by atoms with Gasteiger partial charge in [0.05, 0.1) is 44.1 Å². The largest absolute Gasteiger partial charge is 0.469 e. The Kier molecular flexibility index (Phi) is 7.42. The molecular weight excluding hydrogens is 580 g/mol. The number of hydrogen-bond acceptors (Lipinski definition) is 7. The number of Topliss-reactive ketones (excluding diaryl/α,β-unsaturated/α-hetero) is 1. The van der Waals surface area contributed by atoms with Crippen molar-refractivity contribution in [2.75, 3.05) is 20.3 Å².